The summed E-state index contributed by atoms with van der Waals surface area (Å²) in [6, 6.07) is 0. The summed E-state index contributed by atoms with van der Waals surface area (Å²) in [5.41, 5.74) is 4.45. The van der Waals surface area contributed by atoms with E-state index in [1.54, 1.807) is 13.1 Å². The van der Waals surface area contributed by atoms with Crippen LogP contribution in [0.5, 0.6) is 0 Å². The van der Waals surface area contributed by atoms with Crippen LogP contribution in [0, 0.1) is 0 Å². The molecular formula is C17H23N5O2S. The second-order valence-corrected chi connectivity index (χ2v) is 7.47. The van der Waals surface area contributed by atoms with Crippen molar-refractivity contribution in [2.75, 3.05) is 12.3 Å². The van der Waals surface area contributed by atoms with Crippen molar-refractivity contribution in [3.63, 3.8) is 0 Å². The van der Waals surface area contributed by atoms with Gasteiger partial charge in [0.1, 0.15) is 5.69 Å². The molecule has 0 radical (unpaired) electrons. The number of carbonyl (C=O) groups is 2. The van der Waals surface area contributed by atoms with Crippen LogP contribution in [0.15, 0.2) is 6.20 Å². The molecule has 0 atom stereocenters. The van der Waals surface area contributed by atoms with Crippen molar-refractivity contribution in [1.82, 2.24) is 25.7 Å². The quantitative estimate of drug-likeness (QED) is 0.627. The summed E-state index contributed by atoms with van der Waals surface area (Å²) in [6.07, 6.45) is 7.52. The second-order valence-electron chi connectivity index (χ2n) is 6.20. The smallest absolute Gasteiger partial charge is 0.269 e. The number of rotatable bonds is 8. The first-order chi connectivity index (χ1) is 12.2. The van der Waals surface area contributed by atoms with E-state index in [-0.39, 0.29) is 11.0 Å². The van der Waals surface area contributed by atoms with Crippen molar-refractivity contribution in [3.8, 4) is 11.3 Å². The van der Waals surface area contributed by atoms with Crippen molar-refractivity contribution in [3.05, 3.63) is 23.1 Å². The Hall–Kier alpha value is -2.09. The Balaban J connectivity index is 1.42. The minimum atomic E-state index is -0.0900. The molecular weight excluding hydrogens is 338 g/mol. The average Bonchev–Trinajstić information content (AvgIpc) is 3.22. The summed E-state index contributed by atoms with van der Waals surface area (Å²) in [5.74, 6) is 0.797. The summed E-state index contributed by atoms with van der Waals surface area (Å²) in [7, 11) is 0. The first-order valence-electron chi connectivity index (χ1n) is 8.68. The maximum atomic E-state index is 12.4. The van der Waals surface area contributed by atoms with E-state index in [0.717, 1.165) is 66.8 Å². The van der Waals surface area contributed by atoms with Crippen molar-refractivity contribution in [1.29, 1.82) is 0 Å². The van der Waals surface area contributed by atoms with Gasteiger partial charge in [0.15, 0.2) is 5.12 Å². The maximum absolute atomic E-state index is 12.4. The van der Waals surface area contributed by atoms with E-state index in [4.69, 9.17) is 0 Å². The highest BCUT2D eigenvalue weighted by Crippen LogP contribution is 2.31. The van der Waals surface area contributed by atoms with Crippen LogP contribution >= 0.6 is 11.8 Å². The summed E-state index contributed by atoms with van der Waals surface area (Å²) < 4.78 is 0. The van der Waals surface area contributed by atoms with Crippen LogP contribution < -0.4 is 5.32 Å². The van der Waals surface area contributed by atoms with Crippen molar-refractivity contribution in [2.24, 2.45) is 0 Å². The van der Waals surface area contributed by atoms with E-state index in [0.29, 0.717) is 12.2 Å². The number of carbonyl (C=O) groups excluding carboxylic acids is 2. The number of nitrogens with one attached hydrogen (secondary N) is 3. The predicted octanol–water partition coefficient (Wildman–Crippen LogP) is 2.47. The van der Waals surface area contributed by atoms with E-state index >= 15 is 0 Å². The lowest BCUT2D eigenvalue weighted by molar-refractivity contribution is -0.109. The first kappa shape index (κ1) is 17.7. The van der Waals surface area contributed by atoms with E-state index in [2.05, 4.69) is 25.7 Å². The van der Waals surface area contributed by atoms with Gasteiger partial charge in [0, 0.05) is 36.0 Å². The number of hydrogen-bond acceptors (Lipinski definition) is 5. The van der Waals surface area contributed by atoms with Crippen LogP contribution in [0.4, 0.5) is 0 Å². The Bertz CT molecular complexity index is 752. The third-order valence-electron chi connectivity index (χ3n) is 4.35. The fourth-order valence-electron chi connectivity index (χ4n) is 3.06. The van der Waals surface area contributed by atoms with Crippen LogP contribution in [-0.4, -0.2) is 43.7 Å². The summed E-state index contributed by atoms with van der Waals surface area (Å²) in [5, 5.41) is 17.4. The van der Waals surface area contributed by atoms with E-state index in [9.17, 15) is 9.59 Å². The molecule has 3 rings (SSSR count). The molecule has 134 valence electrons. The predicted molar refractivity (Wildman–Crippen MR) is 97.5 cm³/mol. The molecule has 2 aromatic heterocycles. The largest absolute Gasteiger partial charge is 0.351 e. The van der Waals surface area contributed by atoms with Crippen LogP contribution in [0.2, 0.25) is 0 Å². The summed E-state index contributed by atoms with van der Waals surface area (Å²) in [6.45, 7) is 2.26. The van der Waals surface area contributed by atoms with Crippen LogP contribution in [0.3, 0.4) is 0 Å². The van der Waals surface area contributed by atoms with Crippen molar-refractivity contribution < 1.29 is 9.59 Å². The molecule has 2 heterocycles. The van der Waals surface area contributed by atoms with Crippen LogP contribution in [-0.2, 0) is 17.6 Å². The lowest BCUT2D eigenvalue weighted by Crippen LogP contribution is -2.26. The molecule has 7 nitrogen and oxygen atoms in total. The molecule has 25 heavy (non-hydrogen) atoms. The van der Waals surface area contributed by atoms with E-state index in [1.165, 1.54) is 11.8 Å². The lowest BCUT2D eigenvalue weighted by Gasteiger charge is -2.11. The van der Waals surface area contributed by atoms with Gasteiger partial charge in [-0.2, -0.15) is 10.2 Å². The zero-order valence-corrected chi connectivity index (χ0v) is 15.2. The Morgan fingerprint density at radius 2 is 2.04 bits per heavy atom. The number of hydrogen-bond donors (Lipinski definition) is 3. The molecule has 2 aromatic rings. The number of aromatic amines is 2. The minimum absolute atomic E-state index is 0.0900. The van der Waals surface area contributed by atoms with Crippen molar-refractivity contribution >= 4 is 22.8 Å². The van der Waals surface area contributed by atoms with E-state index in [1.807, 2.05) is 0 Å². The Kier molecular flexibility index (Phi) is 5.91. The van der Waals surface area contributed by atoms with Gasteiger partial charge in [0.2, 0.25) is 0 Å². The number of nitrogens with zero attached hydrogens (tertiary/aromatic N) is 2. The van der Waals surface area contributed by atoms with Gasteiger partial charge in [-0.1, -0.05) is 24.6 Å². The Morgan fingerprint density at radius 1 is 1.20 bits per heavy atom. The number of aryl methyl sites for hydroxylation is 1. The van der Waals surface area contributed by atoms with Gasteiger partial charge in [-0.3, -0.25) is 19.8 Å². The highest BCUT2D eigenvalue weighted by Gasteiger charge is 2.26. The maximum Gasteiger partial charge on any atom is 0.269 e. The molecule has 0 fully saturated rings. The molecule has 0 aliphatic heterocycles. The number of thioether (sulfide) groups is 1. The molecule has 0 saturated heterocycles. The molecule has 0 unspecified atom stereocenters. The molecule has 0 spiro atoms. The number of fused-ring (bicyclic) bond motifs is 3. The number of aromatic nitrogens is 4. The molecule has 0 bridgehead atoms. The van der Waals surface area contributed by atoms with Gasteiger partial charge in [-0.25, -0.2) is 0 Å². The Labute approximate surface area is 150 Å². The SMILES string of the molecule is CC(=O)SCCCCCCNC(=O)c1[nH]nc2c1CCc1[nH]ncc1-2. The monoisotopic (exact) mass is 361 g/mol. The molecule has 1 amide bonds. The average molecular weight is 361 g/mol. The van der Waals surface area contributed by atoms with Crippen LogP contribution in [0.1, 0.15) is 54.4 Å². The molecule has 1 aliphatic carbocycles. The highest BCUT2D eigenvalue weighted by atomic mass is 32.2. The van der Waals surface area contributed by atoms with Crippen LogP contribution in [0.25, 0.3) is 11.3 Å². The van der Waals surface area contributed by atoms with E-state index < -0.39 is 0 Å². The van der Waals surface area contributed by atoms with Gasteiger partial charge in [0.25, 0.3) is 5.91 Å². The first-order valence-corrected chi connectivity index (χ1v) is 9.67. The minimum Gasteiger partial charge on any atom is -0.351 e. The topological polar surface area (TPSA) is 104 Å². The number of unbranched alkanes of at least 4 members (excludes halogenated alkanes) is 3. The third-order valence-corrected chi connectivity index (χ3v) is 5.25. The Morgan fingerprint density at radius 3 is 2.88 bits per heavy atom. The zero-order chi connectivity index (χ0) is 17.6. The molecule has 0 saturated carbocycles. The van der Waals surface area contributed by atoms with Gasteiger partial charge in [-0.05, 0) is 25.7 Å². The van der Waals surface area contributed by atoms with Gasteiger partial charge < -0.3 is 5.32 Å². The standard InChI is InChI=1S/C17H23N5O2S/c1-11(23)25-9-5-3-2-4-8-18-17(24)16-12-6-7-14-13(10-19-20-14)15(12)21-22-16/h10H,2-9H2,1H3,(H,18,24)(H,19,20)(H,21,22). The summed E-state index contributed by atoms with van der Waals surface area (Å²) in [4.78, 5) is 23.2. The van der Waals surface area contributed by atoms with Crippen molar-refractivity contribution in [2.45, 2.75) is 45.4 Å². The number of H-pyrrole nitrogens is 2. The summed E-state index contributed by atoms with van der Waals surface area (Å²) >= 11 is 1.38. The lowest BCUT2D eigenvalue weighted by atomic mass is 9.94. The molecule has 0 aromatic carbocycles. The van der Waals surface area contributed by atoms with Gasteiger partial charge >= 0.3 is 0 Å². The fourth-order valence-corrected chi connectivity index (χ4v) is 3.70. The fraction of sp³-hybridized carbons (Fsp3) is 0.529. The molecule has 1 aliphatic rings. The second kappa shape index (κ2) is 8.33. The van der Waals surface area contributed by atoms with Gasteiger partial charge in [-0.15, -0.1) is 0 Å². The number of amides is 1. The molecule has 8 heteroatoms. The zero-order valence-electron chi connectivity index (χ0n) is 14.4. The molecule has 3 N–H and O–H groups in total. The normalized spacial score (nSPS) is 12.5. The third kappa shape index (κ3) is 4.31. The highest BCUT2D eigenvalue weighted by molar-refractivity contribution is 8.13. The van der Waals surface area contributed by atoms with Gasteiger partial charge in [0.05, 0.1) is 11.9 Å².